The highest BCUT2D eigenvalue weighted by Gasteiger charge is 2.27. The Morgan fingerprint density at radius 3 is 2.83 bits per heavy atom. The van der Waals surface area contributed by atoms with E-state index in [-0.39, 0.29) is 11.9 Å². The molecule has 5 heteroatoms. The van der Waals surface area contributed by atoms with E-state index >= 15 is 0 Å². The van der Waals surface area contributed by atoms with Crippen molar-refractivity contribution >= 4 is 44.4 Å². The zero-order valence-electron chi connectivity index (χ0n) is 10.5. The average Bonchev–Trinajstić information content (AvgIpc) is 2.31. The Labute approximate surface area is 130 Å². The lowest BCUT2D eigenvalue weighted by Gasteiger charge is -2.38. The van der Waals surface area contributed by atoms with E-state index in [0.717, 1.165) is 33.2 Å². The molecule has 3 nitrogen and oxygen atoms in total. The van der Waals surface area contributed by atoms with Gasteiger partial charge in [0.25, 0.3) is 5.91 Å². The zero-order chi connectivity index (χ0) is 13.3. The molecule has 1 unspecified atom stereocenters. The molecule has 0 aromatic heterocycles. The number of hydrogen-bond acceptors (Lipinski definition) is 2. The first-order valence-electron chi connectivity index (χ1n) is 5.93. The molecule has 0 spiro atoms. The number of likely N-dealkylation sites (N-methyl/N-ethyl adjacent to an activating group) is 1. The Morgan fingerprint density at radius 1 is 1.44 bits per heavy atom. The third-order valence-corrected chi connectivity index (χ3v) is 4.61. The second-order valence-corrected chi connectivity index (χ2v) is 6.83. The largest absolute Gasteiger partial charge is 0.333 e. The molecule has 1 aromatic rings. The number of carbonyl (C=O) groups excluding carboxylic acids is 1. The van der Waals surface area contributed by atoms with Crippen molar-refractivity contribution in [2.24, 2.45) is 0 Å². The van der Waals surface area contributed by atoms with Crippen LogP contribution in [0.5, 0.6) is 0 Å². The van der Waals surface area contributed by atoms with Crippen LogP contribution in [0.25, 0.3) is 0 Å². The van der Waals surface area contributed by atoms with Crippen LogP contribution in [0.4, 0.5) is 0 Å². The average molecular weight is 423 g/mol. The molecule has 0 bridgehead atoms. The predicted octanol–water partition coefficient (Wildman–Crippen LogP) is 2.83. The molecule has 1 aliphatic rings. The number of hydrogen-bond donors (Lipinski definition) is 0. The van der Waals surface area contributed by atoms with Crippen LogP contribution in [-0.4, -0.2) is 48.4 Å². The van der Waals surface area contributed by atoms with Crippen molar-refractivity contribution < 1.29 is 4.79 Å². The highest BCUT2D eigenvalue weighted by Crippen LogP contribution is 2.22. The summed E-state index contributed by atoms with van der Waals surface area (Å²) in [7, 11) is 2.10. The lowest BCUT2D eigenvalue weighted by molar-refractivity contribution is 0.0532. The van der Waals surface area contributed by atoms with E-state index in [4.69, 9.17) is 0 Å². The van der Waals surface area contributed by atoms with E-state index < -0.39 is 0 Å². The maximum Gasteiger partial charge on any atom is 0.255 e. The van der Waals surface area contributed by atoms with Crippen LogP contribution in [0.1, 0.15) is 17.3 Å². The molecule has 0 saturated carbocycles. The second-order valence-electron chi connectivity index (χ2n) is 4.73. The Kier molecular flexibility index (Phi) is 4.66. The van der Waals surface area contributed by atoms with Crippen molar-refractivity contribution in [2.75, 3.05) is 26.7 Å². The predicted molar refractivity (Wildman–Crippen MR) is 84.9 cm³/mol. The molecule has 0 aliphatic carbocycles. The van der Waals surface area contributed by atoms with Gasteiger partial charge in [-0.1, -0.05) is 0 Å². The van der Waals surface area contributed by atoms with Gasteiger partial charge in [0.2, 0.25) is 0 Å². The maximum atomic E-state index is 12.6. The van der Waals surface area contributed by atoms with Gasteiger partial charge in [0, 0.05) is 33.7 Å². The third-order valence-electron chi connectivity index (χ3n) is 3.25. The van der Waals surface area contributed by atoms with Gasteiger partial charge in [0.1, 0.15) is 0 Å². The lowest BCUT2D eigenvalue weighted by Crippen LogP contribution is -2.52. The number of nitrogens with zero attached hydrogens (tertiary/aromatic N) is 2. The summed E-state index contributed by atoms with van der Waals surface area (Å²) in [4.78, 5) is 16.8. The molecule has 1 aromatic carbocycles. The summed E-state index contributed by atoms with van der Waals surface area (Å²) < 4.78 is 1.96. The smallest absolute Gasteiger partial charge is 0.255 e. The molecular weight excluding hydrogens is 407 g/mol. The standard InChI is InChI=1S/C13H16BrIN2O/c1-9-8-16(2)5-6-17(9)13(18)11-7-10(15)3-4-12(11)14/h3-4,7,9H,5-6,8H2,1-2H3. The van der Waals surface area contributed by atoms with E-state index in [0.29, 0.717) is 0 Å². The molecule has 1 aliphatic heterocycles. The van der Waals surface area contributed by atoms with E-state index in [9.17, 15) is 4.79 Å². The fourth-order valence-corrected chi connectivity index (χ4v) is 3.16. The van der Waals surface area contributed by atoms with Gasteiger partial charge >= 0.3 is 0 Å². The first kappa shape index (κ1) is 14.3. The normalized spacial score (nSPS) is 21.1. The summed E-state index contributed by atoms with van der Waals surface area (Å²) in [5, 5.41) is 0. The van der Waals surface area contributed by atoms with Gasteiger partial charge in [-0.15, -0.1) is 0 Å². The fourth-order valence-electron chi connectivity index (χ4n) is 2.26. The van der Waals surface area contributed by atoms with Crippen LogP contribution >= 0.6 is 38.5 Å². The quantitative estimate of drug-likeness (QED) is 0.649. The van der Waals surface area contributed by atoms with Crippen molar-refractivity contribution in [3.63, 3.8) is 0 Å². The van der Waals surface area contributed by atoms with Crippen molar-refractivity contribution in [3.05, 3.63) is 31.8 Å². The van der Waals surface area contributed by atoms with Gasteiger partial charge in [0.05, 0.1) is 5.56 Å². The Balaban J connectivity index is 2.23. The minimum absolute atomic E-state index is 0.126. The minimum Gasteiger partial charge on any atom is -0.333 e. The Morgan fingerprint density at radius 2 is 2.17 bits per heavy atom. The van der Waals surface area contributed by atoms with Crippen LogP contribution in [0.2, 0.25) is 0 Å². The Bertz CT molecular complexity index is 466. The summed E-state index contributed by atoms with van der Waals surface area (Å²) in [6, 6.07) is 6.14. The van der Waals surface area contributed by atoms with E-state index in [1.54, 1.807) is 0 Å². The number of rotatable bonds is 1. The number of carbonyl (C=O) groups is 1. The SMILES string of the molecule is CC1CN(C)CCN1C(=O)c1cc(I)ccc1Br. The summed E-state index contributed by atoms with van der Waals surface area (Å²) >= 11 is 5.70. The van der Waals surface area contributed by atoms with Gasteiger partial charge in [0.15, 0.2) is 0 Å². The van der Waals surface area contributed by atoms with Crippen LogP contribution < -0.4 is 0 Å². The van der Waals surface area contributed by atoms with Gasteiger partial charge in [-0.3, -0.25) is 4.79 Å². The lowest BCUT2D eigenvalue weighted by atomic mass is 10.1. The van der Waals surface area contributed by atoms with Gasteiger partial charge < -0.3 is 9.80 Å². The highest BCUT2D eigenvalue weighted by atomic mass is 127. The Hall–Kier alpha value is -0.140. The van der Waals surface area contributed by atoms with Crippen LogP contribution in [-0.2, 0) is 0 Å². The van der Waals surface area contributed by atoms with E-state index in [1.807, 2.05) is 23.1 Å². The number of amides is 1. The van der Waals surface area contributed by atoms with Gasteiger partial charge in [-0.2, -0.15) is 0 Å². The summed E-state index contributed by atoms with van der Waals surface area (Å²) in [5.74, 6) is 0.126. The van der Waals surface area contributed by atoms with Crippen LogP contribution in [0.3, 0.4) is 0 Å². The van der Waals surface area contributed by atoms with Crippen molar-refractivity contribution in [1.82, 2.24) is 9.80 Å². The zero-order valence-corrected chi connectivity index (χ0v) is 14.2. The van der Waals surface area contributed by atoms with Gasteiger partial charge in [-0.05, 0) is 70.7 Å². The maximum absolute atomic E-state index is 12.6. The molecule has 2 rings (SSSR count). The molecule has 1 fully saturated rings. The molecule has 18 heavy (non-hydrogen) atoms. The molecule has 0 radical (unpaired) electrons. The second kappa shape index (κ2) is 5.88. The first-order valence-corrected chi connectivity index (χ1v) is 7.81. The molecule has 98 valence electrons. The molecule has 1 amide bonds. The summed E-state index contributed by atoms with van der Waals surface area (Å²) in [6.07, 6.45) is 0. The van der Waals surface area contributed by atoms with E-state index in [1.165, 1.54) is 0 Å². The van der Waals surface area contributed by atoms with Crippen molar-refractivity contribution in [2.45, 2.75) is 13.0 Å². The molecule has 1 heterocycles. The van der Waals surface area contributed by atoms with Gasteiger partial charge in [-0.25, -0.2) is 0 Å². The number of piperazine rings is 1. The molecule has 0 N–H and O–H groups in total. The number of halogens is 2. The fraction of sp³-hybridized carbons (Fsp3) is 0.462. The van der Waals surface area contributed by atoms with Crippen molar-refractivity contribution in [3.8, 4) is 0 Å². The highest BCUT2D eigenvalue weighted by molar-refractivity contribution is 14.1. The van der Waals surface area contributed by atoms with Crippen LogP contribution in [0, 0.1) is 3.57 Å². The summed E-state index contributed by atoms with van der Waals surface area (Å²) in [6.45, 7) is 4.79. The molecule has 1 saturated heterocycles. The monoisotopic (exact) mass is 422 g/mol. The first-order chi connectivity index (χ1) is 8.49. The molecule has 1 atom stereocenters. The topological polar surface area (TPSA) is 23.6 Å². The number of benzene rings is 1. The molecular formula is C13H16BrIN2O. The van der Waals surface area contributed by atoms with Crippen LogP contribution in [0.15, 0.2) is 22.7 Å². The summed E-state index contributed by atoms with van der Waals surface area (Å²) in [5.41, 5.74) is 0.762. The van der Waals surface area contributed by atoms with E-state index in [2.05, 4.69) is 57.4 Å². The van der Waals surface area contributed by atoms with Crippen molar-refractivity contribution in [1.29, 1.82) is 0 Å². The third kappa shape index (κ3) is 3.05. The minimum atomic E-state index is 0.126.